The minimum absolute atomic E-state index is 0.00819. The Hall–Kier alpha value is -6.00. The highest BCUT2D eigenvalue weighted by Crippen LogP contribution is 2.50. The fourth-order valence-corrected chi connectivity index (χ4v) is 11.1. The summed E-state index contributed by atoms with van der Waals surface area (Å²) in [7, 11) is 0. The van der Waals surface area contributed by atoms with Crippen molar-refractivity contribution in [1.29, 1.82) is 0 Å². The summed E-state index contributed by atoms with van der Waals surface area (Å²) in [6, 6.07) is 51.0. The maximum atomic E-state index is 6.52. The van der Waals surface area contributed by atoms with Gasteiger partial charge in [-0.1, -0.05) is 148 Å². The largest absolute Gasteiger partial charge is 0.455 e. The second kappa shape index (κ2) is 13.5. The summed E-state index contributed by atoms with van der Waals surface area (Å²) in [5.74, 6) is 0. The summed E-state index contributed by atoms with van der Waals surface area (Å²) in [6.45, 7) is 26.1. The highest BCUT2D eigenvalue weighted by molar-refractivity contribution is 7.00. The van der Waals surface area contributed by atoms with Crippen molar-refractivity contribution in [3.05, 3.63) is 161 Å². The number of rotatable bonds is 3. The summed E-state index contributed by atoms with van der Waals surface area (Å²) >= 11 is 0. The second-order valence-electron chi connectivity index (χ2n) is 22.2. The quantitative estimate of drug-likeness (QED) is 0.166. The van der Waals surface area contributed by atoms with Crippen LogP contribution in [0.1, 0.15) is 110 Å². The van der Waals surface area contributed by atoms with Gasteiger partial charge in [-0.3, -0.25) is 0 Å². The number of hydrogen-bond donors (Lipinski definition) is 0. The number of hydrogen-bond acceptors (Lipinski definition) is 3. The Balaban J connectivity index is 1.15. The summed E-state index contributed by atoms with van der Waals surface area (Å²) in [6.07, 6.45) is 2.38. The van der Waals surface area contributed by atoms with Crippen LogP contribution in [-0.2, 0) is 21.7 Å². The van der Waals surface area contributed by atoms with Crippen LogP contribution in [0, 0.1) is 6.92 Å². The Kier molecular flexibility index (Phi) is 8.54. The van der Waals surface area contributed by atoms with E-state index in [9.17, 15) is 0 Å². The van der Waals surface area contributed by atoms with E-state index in [1.54, 1.807) is 0 Å². The molecular weight excluding hydrogens is 763 g/mol. The monoisotopic (exact) mass is 822 g/mol. The minimum Gasteiger partial charge on any atom is -0.455 e. The number of benzene rings is 7. The number of aryl methyl sites for hydroxylation is 1. The molecule has 0 radical (unpaired) electrons. The normalized spacial score (nSPS) is 16.2. The summed E-state index contributed by atoms with van der Waals surface area (Å²) in [4.78, 5) is 5.17. The molecule has 0 atom stereocenters. The van der Waals surface area contributed by atoms with E-state index in [0.29, 0.717) is 0 Å². The molecule has 0 bridgehead atoms. The van der Waals surface area contributed by atoms with Gasteiger partial charge in [-0.2, -0.15) is 0 Å². The average molecular weight is 823 g/mol. The van der Waals surface area contributed by atoms with Gasteiger partial charge in [0.2, 0.25) is 0 Å². The van der Waals surface area contributed by atoms with Crippen LogP contribution < -0.4 is 26.2 Å². The van der Waals surface area contributed by atoms with Gasteiger partial charge >= 0.3 is 0 Å². The molecule has 7 aromatic carbocycles. The van der Waals surface area contributed by atoms with E-state index in [2.05, 4.69) is 213 Å². The third-order valence-electron chi connectivity index (χ3n) is 14.9. The second-order valence-corrected chi connectivity index (χ2v) is 22.2. The fourth-order valence-electron chi connectivity index (χ4n) is 11.1. The van der Waals surface area contributed by atoms with Crippen molar-refractivity contribution in [2.45, 2.75) is 111 Å². The van der Waals surface area contributed by atoms with Crippen molar-refractivity contribution >= 4 is 79.2 Å². The van der Waals surface area contributed by atoms with Gasteiger partial charge in [0, 0.05) is 50.5 Å². The topological polar surface area (TPSA) is 19.6 Å². The zero-order chi connectivity index (χ0) is 44.0. The maximum Gasteiger partial charge on any atom is 0.252 e. The predicted octanol–water partition coefficient (Wildman–Crippen LogP) is 14.6. The highest BCUT2D eigenvalue weighted by Gasteiger charge is 2.45. The van der Waals surface area contributed by atoms with Crippen LogP contribution in [0.2, 0.25) is 0 Å². The number of para-hydroxylation sites is 2. The lowest BCUT2D eigenvalue weighted by Crippen LogP contribution is -2.61. The fraction of sp³-hybridized carbons (Fsp3) is 0.288. The van der Waals surface area contributed by atoms with Crippen LogP contribution in [0.25, 0.3) is 33.1 Å². The van der Waals surface area contributed by atoms with Gasteiger partial charge in [0.15, 0.2) is 0 Å². The third-order valence-corrected chi connectivity index (χ3v) is 14.9. The summed E-state index contributed by atoms with van der Waals surface area (Å²) < 4.78 is 6.52. The molecule has 0 saturated carbocycles. The molecule has 0 N–H and O–H groups in total. The highest BCUT2D eigenvalue weighted by atomic mass is 16.3. The van der Waals surface area contributed by atoms with Gasteiger partial charge in [-0.05, 0) is 146 Å². The number of anilines is 6. The third kappa shape index (κ3) is 6.15. The Morgan fingerprint density at radius 1 is 0.524 bits per heavy atom. The molecule has 1 aliphatic carbocycles. The van der Waals surface area contributed by atoms with Crippen LogP contribution in [0.4, 0.5) is 34.1 Å². The standard InChI is InChI=1S/C59H59BN2O/c1-36-31-51-54-52(32-36)62(41-25-26-45-46(35-41)59(10,11)30-29-58(45,8)9)49-28-22-38(56(2,3)4)33-48(49)60(54)47-27-21-39(57(5,6)7)34-50(47)61(51)40-23-19-37(20-24-40)42-16-14-17-44-43-15-12-13-18-53(43)63-55(42)44/h12-28,31-35H,29-30H2,1-11H3. The lowest BCUT2D eigenvalue weighted by atomic mass is 9.33. The van der Waals surface area contributed by atoms with E-state index in [1.807, 2.05) is 6.07 Å². The SMILES string of the molecule is Cc1cc2c3c(c1)N(c1ccc(-c4cccc5c4oc4ccccc45)cc1)c1cc(C(C)(C)C)ccc1B3c1cc(C(C)(C)C)ccc1N2c1ccc2c(c1)C(C)(C)CCC2(C)C. The van der Waals surface area contributed by atoms with Crippen molar-refractivity contribution in [3.8, 4) is 11.1 Å². The van der Waals surface area contributed by atoms with Crippen molar-refractivity contribution in [1.82, 2.24) is 0 Å². The molecule has 3 nitrogen and oxygen atoms in total. The smallest absolute Gasteiger partial charge is 0.252 e. The Morgan fingerprint density at radius 3 is 1.86 bits per heavy atom. The van der Waals surface area contributed by atoms with E-state index < -0.39 is 0 Å². The summed E-state index contributed by atoms with van der Waals surface area (Å²) in [5, 5.41) is 2.30. The van der Waals surface area contributed by atoms with Crippen LogP contribution in [0.3, 0.4) is 0 Å². The molecule has 0 spiro atoms. The van der Waals surface area contributed by atoms with E-state index in [4.69, 9.17) is 4.42 Å². The van der Waals surface area contributed by atoms with Crippen LogP contribution >= 0.6 is 0 Å². The zero-order valence-corrected chi connectivity index (χ0v) is 39.0. The molecule has 8 aromatic rings. The Bertz CT molecular complexity index is 3170. The maximum absolute atomic E-state index is 6.52. The molecule has 3 heterocycles. The van der Waals surface area contributed by atoms with Gasteiger partial charge in [0.05, 0.1) is 0 Å². The molecule has 0 fully saturated rings. The van der Waals surface area contributed by atoms with E-state index in [0.717, 1.165) is 38.8 Å². The first-order chi connectivity index (χ1) is 29.9. The first kappa shape index (κ1) is 39.8. The lowest BCUT2D eigenvalue weighted by Gasteiger charge is -2.46. The van der Waals surface area contributed by atoms with Gasteiger partial charge in [0.25, 0.3) is 6.71 Å². The van der Waals surface area contributed by atoms with Gasteiger partial charge in [-0.25, -0.2) is 0 Å². The van der Waals surface area contributed by atoms with Crippen molar-refractivity contribution < 1.29 is 4.42 Å². The Morgan fingerprint density at radius 2 is 1.14 bits per heavy atom. The molecule has 63 heavy (non-hydrogen) atoms. The van der Waals surface area contributed by atoms with Gasteiger partial charge in [-0.15, -0.1) is 0 Å². The molecule has 3 aliphatic rings. The van der Waals surface area contributed by atoms with Gasteiger partial charge in [0.1, 0.15) is 11.2 Å². The number of furan rings is 1. The van der Waals surface area contributed by atoms with E-state index >= 15 is 0 Å². The molecule has 2 aliphatic heterocycles. The van der Waals surface area contributed by atoms with Crippen LogP contribution in [-0.4, -0.2) is 6.71 Å². The van der Waals surface area contributed by atoms with Crippen LogP contribution in [0.15, 0.2) is 138 Å². The van der Waals surface area contributed by atoms with Gasteiger partial charge < -0.3 is 14.2 Å². The average Bonchev–Trinajstić information content (AvgIpc) is 3.63. The molecule has 11 rings (SSSR count). The molecule has 0 amide bonds. The number of fused-ring (bicyclic) bond motifs is 8. The minimum atomic E-state index is -0.0245. The zero-order valence-electron chi connectivity index (χ0n) is 39.0. The molecule has 1 aromatic heterocycles. The van der Waals surface area contributed by atoms with E-state index in [1.165, 1.54) is 85.5 Å². The first-order valence-corrected chi connectivity index (χ1v) is 23.1. The molecule has 314 valence electrons. The predicted molar refractivity (Wildman–Crippen MR) is 271 cm³/mol. The van der Waals surface area contributed by atoms with Crippen molar-refractivity contribution in [2.75, 3.05) is 9.80 Å². The number of nitrogens with zero attached hydrogens (tertiary/aromatic N) is 2. The lowest BCUT2D eigenvalue weighted by molar-refractivity contribution is 0.332. The molecule has 0 unspecified atom stereocenters. The van der Waals surface area contributed by atoms with Crippen molar-refractivity contribution in [2.24, 2.45) is 0 Å². The summed E-state index contributed by atoms with van der Waals surface area (Å²) in [5.41, 5.74) is 22.7. The Labute approximate surface area is 374 Å². The molecule has 0 saturated heterocycles. The van der Waals surface area contributed by atoms with E-state index in [-0.39, 0.29) is 28.4 Å². The molecular formula is C59H59BN2O. The molecule has 4 heteroatoms. The van der Waals surface area contributed by atoms with Crippen LogP contribution in [0.5, 0.6) is 0 Å². The first-order valence-electron chi connectivity index (χ1n) is 23.1. The van der Waals surface area contributed by atoms with Crippen molar-refractivity contribution in [3.63, 3.8) is 0 Å².